The molecule has 0 spiro atoms. The number of nitrogens with one attached hydrogen (secondary N) is 1. The summed E-state index contributed by atoms with van der Waals surface area (Å²) in [6.45, 7) is 1.13. The number of hydrogen-bond donors (Lipinski definition) is 2. The van der Waals surface area contributed by atoms with Gasteiger partial charge in [-0.3, -0.25) is 14.4 Å². The van der Waals surface area contributed by atoms with Gasteiger partial charge in [0.1, 0.15) is 5.57 Å². The fraction of sp³-hybridized carbons (Fsp3) is 0.214. The molecule has 10 heteroatoms. The predicted molar refractivity (Wildman–Crippen MR) is 84.4 cm³/mol. The standard InChI is InChI=1S/C14H10F3NO4S2/c1-6(19)9(12-23-13(24-12)11(21)22)10(20)18-8-4-2-3-7(5-8)14(15,16)17/h2-5,13H,1H3,(H,18,20)(H,21,22). The van der Waals surface area contributed by atoms with Crippen LogP contribution in [0, 0.1) is 0 Å². The van der Waals surface area contributed by atoms with E-state index in [1.807, 2.05) is 0 Å². The molecule has 1 heterocycles. The smallest absolute Gasteiger partial charge is 0.416 e. The Kier molecular flexibility index (Phi) is 5.29. The van der Waals surface area contributed by atoms with Crippen molar-refractivity contribution in [2.24, 2.45) is 0 Å². The molecular formula is C14H10F3NO4S2. The molecule has 5 nitrogen and oxygen atoms in total. The van der Waals surface area contributed by atoms with Crippen molar-refractivity contribution in [1.29, 1.82) is 0 Å². The van der Waals surface area contributed by atoms with Crippen LogP contribution in [0.15, 0.2) is 34.1 Å². The van der Waals surface area contributed by atoms with Crippen LogP contribution in [0.25, 0.3) is 0 Å². The summed E-state index contributed by atoms with van der Waals surface area (Å²) in [4.78, 5) is 34.6. The van der Waals surface area contributed by atoms with E-state index >= 15 is 0 Å². The first kappa shape index (κ1) is 18.4. The second-order valence-corrected chi connectivity index (χ2v) is 7.44. The third-order valence-corrected chi connectivity index (χ3v) is 5.68. The average molecular weight is 377 g/mol. The van der Waals surface area contributed by atoms with Crippen molar-refractivity contribution in [3.05, 3.63) is 39.6 Å². The van der Waals surface area contributed by atoms with E-state index < -0.39 is 34.0 Å². The largest absolute Gasteiger partial charge is 0.480 e. The van der Waals surface area contributed by atoms with E-state index in [2.05, 4.69) is 5.32 Å². The highest BCUT2D eigenvalue weighted by Gasteiger charge is 2.37. The summed E-state index contributed by atoms with van der Waals surface area (Å²) < 4.78 is 37.4. The SMILES string of the molecule is CC(=O)C(C(=O)Nc1cccc(C(F)(F)F)c1)=C1SC(C(=O)O)S1. The van der Waals surface area contributed by atoms with Gasteiger partial charge in [-0.1, -0.05) is 29.6 Å². The lowest BCUT2D eigenvalue weighted by Crippen LogP contribution is -2.25. The Labute approximate surface area is 142 Å². The number of carboxylic acids is 1. The van der Waals surface area contributed by atoms with Gasteiger partial charge in [0.05, 0.1) is 9.80 Å². The quantitative estimate of drug-likeness (QED) is 0.476. The molecule has 1 saturated heterocycles. The molecule has 1 aliphatic rings. The molecule has 2 rings (SSSR count). The number of aliphatic carboxylic acids is 1. The van der Waals surface area contributed by atoms with Crippen LogP contribution < -0.4 is 5.32 Å². The number of halogens is 3. The van der Waals surface area contributed by atoms with Gasteiger partial charge in [-0.05, 0) is 25.1 Å². The van der Waals surface area contributed by atoms with Crippen molar-refractivity contribution < 1.29 is 32.7 Å². The highest BCUT2D eigenvalue weighted by molar-refractivity contribution is 8.39. The van der Waals surface area contributed by atoms with Crippen LogP contribution in [0.4, 0.5) is 18.9 Å². The second-order valence-electron chi connectivity index (χ2n) is 4.66. The van der Waals surface area contributed by atoms with E-state index in [4.69, 9.17) is 5.11 Å². The van der Waals surface area contributed by atoms with E-state index in [0.717, 1.165) is 48.6 Å². The van der Waals surface area contributed by atoms with Crippen LogP contribution in [0.5, 0.6) is 0 Å². The number of carboxylic acid groups (broad SMARTS) is 1. The molecule has 1 aromatic carbocycles. The van der Waals surface area contributed by atoms with Crippen molar-refractivity contribution in [2.75, 3.05) is 5.32 Å². The maximum absolute atomic E-state index is 12.7. The number of thioether (sulfide) groups is 2. The number of anilines is 1. The Hall–Kier alpha value is -1.94. The normalized spacial score (nSPS) is 17.0. The number of carbonyl (C=O) groups excluding carboxylic acids is 2. The molecule has 24 heavy (non-hydrogen) atoms. The maximum Gasteiger partial charge on any atom is 0.416 e. The number of Topliss-reactive ketones (excluding diaryl/α,β-unsaturated/α-hetero) is 1. The molecule has 2 N–H and O–H groups in total. The predicted octanol–water partition coefficient (Wildman–Crippen LogP) is 3.34. The van der Waals surface area contributed by atoms with Crippen LogP contribution in [0.2, 0.25) is 0 Å². The second kappa shape index (κ2) is 6.89. The molecule has 0 saturated carbocycles. The van der Waals surface area contributed by atoms with Gasteiger partial charge in [0.25, 0.3) is 5.91 Å². The lowest BCUT2D eigenvalue weighted by Gasteiger charge is -2.25. The molecule has 0 aromatic heterocycles. The van der Waals surface area contributed by atoms with Gasteiger partial charge in [0, 0.05) is 5.69 Å². The Morgan fingerprint density at radius 3 is 2.33 bits per heavy atom. The number of rotatable bonds is 4. The third kappa shape index (κ3) is 4.12. The van der Waals surface area contributed by atoms with Gasteiger partial charge in [0.15, 0.2) is 10.4 Å². The highest BCUT2D eigenvalue weighted by atomic mass is 32.3. The summed E-state index contributed by atoms with van der Waals surface area (Å²) in [5.74, 6) is -2.56. The monoisotopic (exact) mass is 377 g/mol. The number of alkyl halides is 3. The van der Waals surface area contributed by atoms with Crippen molar-refractivity contribution in [2.45, 2.75) is 17.7 Å². The Balaban J connectivity index is 2.20. The van der Waals surface area contributed by atoms with Gasteiger partial charge >= 0.3 is 12.1 Å². The Morgan fingerprint density at radius 2 is 1.83 bits per heavy atom. The molecule has 0 atom stereocenters. The van der Waals surface area contributed by atoms with Crippen LogP contribution >= 0.6 is 23.5 Å². The molecule has 0 aliphatic carbocycles. The maximum atomic E-state index is 12.7. The molecular weight excluding hydrogens is 367 g/mol. The highest BCUT2D eigenvalue weighted by Crippen LogP contribution is 2.52. The molecule has 1 aliphatic heterocycles. The average Bonchev–Trinajstić information content (AvgIpc) is 2.40. The van der Waals surface area contributed by atoms with Crippen molar-refractivity contribution in [3.8, 4) is 0 Å². The summed E-state index contributed by atoms with van der Waals surface area (Å²) in [6, 6.07) is 4.00. The van der Waals surface area contributed by atoms with E-state index in [1.165, 1.54) is 6.07 Å². The van der Waals surface area contributed by atoms with E-state index in [9.17, 15) is 27.6 Å². The number of ketones is 1. The van der Waals surface area contributed by atoms with Gasteiger partial charge < -0.3 is 10.4 Å². The number of carbonyl (C=O) groups is 3. The number of amides is 1. The van der Waals surface area contributed by atoms with Gasteiger partial charge in [0.2, 0.25) is 0 Å². The molecule has 1 aromatic rings. The topological polar surface area (TPSA) is 83.5 Å². The number of hydrogen-bond acceptors (Lipinski definition) is 5. The van der Waals surface area contributed by atoms with Gasteiger partial charge in [-0.25, -0.2) is 0 Å². The minimum Gasteiger partial charge on any atom is -0.480 e. The van der Waals surface area contributed by atoms with Gasteiger partial charge in [-0.15, -0.1) is 0 Å². The summed E-state index contributed by atoms with van der Waals surface area (Å²) in [6.07, 6.45) is -4.56. The fourth-order valence-electron chi connectivity index (χ4n) is 1.79. The number of benzene rings is 1. The molecule has 128 valence electrons. The minimum atomic E-state index is -4.56. The summed E-state index contributed by atoms with van der Waals surface area (Å²) in [5, 5.41) is 11.0. The van der Waals surface area contributed by atoms with Crippen molar-refractivity contribution in [3.63, 3.8) is 0 Å². The first-order chi connectivity index (χ1) is 11.1. The molecule has 1 fully saturated rings. The van der Waals surface area contributed by atoms with E-state index in [-0.39, 0.29) is 15.5 Å². The lowest BCUT2D eigenvalue weighted by molar-refractivity contribution is -0.137. The van der Waals surface area contributed by atoms with Crippen molar-refractivity contribution in [1.82, 2.24) is 0 Å². The van der Waals surface area contributed by atoms with E-state index in [0.29, 0.717) is 0 Å². The summed E-state index contributed by atoms with van der Waals surface area (Å²) >= 11 is 1.69. The van der Waals surface area contributed by atoms with Crippen LogP contribution in [0.1, 0.15) is 12.5 Å². The fourth-order valence-corrected chi connectivity index (χ4v) is 3.97. The molecule has 0 radical (unpaired) electrons. The molecule has 1 amide bonds. The Morgan fingerprint density at radius 1 is 1.21 bits per heavy atom. The van der Waals surface area contributed by atoms with Crippen LogP contribution in [0.3, 0.4) is 0 Å². The van der Waals surface area contributed by atoms with Crippen LogP contribution in [-0.2, 0) is 20.6 Å². The zero-order chi connectivity index (χ0) is 18.1. The minimum absolute atomic E-state index is 0.113. The molecule has 0 bridgehead atoms. The first-order valence-corrected chi connectivity index (χ1v) is 8.15. The lowest BCUT2D eigenvalue weighted by atomic mass is 10.1. The first-order valence-electron chi connectivity index (χ1n) is 6.39. The summed E-state index contributed by atoms with van der Waals surface area (Å²) in [7, 11) is 0. The van der Waals surface area contributed by atoms with Crippen molar-refractivity contribution >= 4 is 46.9 Å². The zero-order valence-electron chi connectivity index (χ0n) is 12.0. The third-order valence-electron chi connectivity index (χ3n) is 2.86. The zero-order valence-corrected chi connectivity index (χ0v) is 13.6. The van der Waals surface area contributed by atoms with E-state index in [1.54, 1.807) is 0 Å². The Bertz CT molecular complexity index is 738. The van der Waals surface area contributed by atoms with Crippen LogP contribution in [-0.4, -0.2) is 27.3 Å². The van der Waals surface area contributed by atoms with Gasteiger partial charge in [-0.2, -0.15) is 13.2 Å². The molecule has 0 unspecified atom stereocenters. The summed E-state index contributed by atoms with van der Waals surface area (Å²) in [5.41, 5.74) is -1.31.